The zero-order valence-corrected chi connectivity index (χ0v) is 16.7. The topological polar surface area (TPSA) is 179 Å². The Bertz CT molecular complexity index is 962. The fourth-order valence-electron chi connectivity index (χ4n) is 3.09. The second-order valence-electron chi connectivity index (χ2n) is 6.79. The van der Waals surface area contributed by atoms with Gasteiger partial charge in [0, 0.05) is 19.2 Å². The number of benzene rings is 1. The summed E-state index contributed by atoms with van der Waals surface area (Å²) >= 11 is 0. The number of amides is 3. The predicted molar refractivity (Wildman–Crippen MR) is 99.2 cm³/mol. The number of likely N-dealkylation sites (N-methyl/N-ethyl adjacent to an activating group) is 1. The first kappa shape index (κ1) is 23.2. The summed E-state index contributed by atoms with van der Waals surface area (Å²) in [6.45, 7) is 2.05. The highest BCUT2D eigenvalue weighted by Gasteiger charge is 2.38. The number of nitrogens with zero attached hydrogens (tertiary/aromatic N) is 4. The van der Waals surface area contributed by atoms with Crippen LogP contribution in [0.5, 0.6) is 0 Å². The Morgan fingerprint density at radius 3 is 2.13 bits per heavy atom. The van der Waals surface area contributed by atoms with Gasteiger partial charge in [-0.3, -0.25) is 24.1 Å². The lowest BCUT2D eigenvalue weighted by molar-refractivity contribution is -0.767. The molecule has 0 N–H and O–H groups in total. The molecule has 2 rings (SSSR count). The van der Waals surface area contributed by atoms with Crippen molar-refractivity contribution in [3.05, 3.63) is 54.6 Å². The van der Waals surface area contributed by atoms with E-state index in [1.165, 1.54) is 20.9 Å². The van der Waals surface area contributed by atoms with Crippen LogP contribution < -0.4 is 0 Å². The van der Waals surface area contributed by atoms with Crippen molar-refractivity contribution in [1.29, 1.82) is 0 Å². The van der Waals surface area contributed by atoms with E-state index in [0.717, 1.165) is 21.9 Å². The van der Waals surface area contributed by atoms with Gasteiger partial charge >= 0.3 is 0 Å². The van der Waals surface area contributed by atoms with Gasteiger partial charge in [0.1, 0.15) is 12.2 Å². The summed E-state index contributed by atoms with van der Waals surface area (Å²) in [5.41, 5.74) is -0.655. The molecule has 0 radical (unpaired) electrons. The lowest BCUT2D eigenvalue weighted by Gasteiger charge is -2.21. The molecule has 0 aromatic heterocycles. The quantitative estimate of drug-likeness (QED) is 0.214. The third-order valence-corrected chi connectivity index (χ3v) is 4.35. The van der Waals surface area contributed by atoms with Crippen molar-refractivity contribution in [3.8, 4) is 0 Å². The van der Waals surface area contributed by atoms with E-state index in [4.69, 9.17) is 0 Å². The molecule has 0 fully saturated rings. The monoisotopic (exact) mass is 438 g/mol. The van der Waals surface area contributed by atoms with Crippen LogP contribution in [0, 0.1) is 20.2 Å². The van der Waals surface area contributed by atoms with Crippen LogP contribution in [0.2, 0.25) is 0 Å². The van der Waals surface area contributed by atoms with Crippen molar-refractivity contribution in [1.82, 2.24) is 9.80 Å². The van der Waals surface area contributed by atoms with Crippen LogP contribution in [-0.4, -0.2) is 76.3 Å². The van der Waals surface area contributed by atoms with Crippen LogP contribution in [-0.2, 0) is 9.68 Å². The van der Waals surface area contributed by atoms with Gasteiger partial charge in [0.05, 0.1) is 23.2 Å². The summed E-state index contributed by atoms with van der Waals surface area (Å²) in [6.07, 6.45) is -1.73. The van der Waals surface area contributed by atoms with E-state index in [1.54, 1.807) is 0 Å². The highest BCUT2D eigenvalue weighted by molar-refractivity contribution is 6.23. The van der Waals surface area contributed by atoms with Gasteiger partial charge in [-0.1, -0.05) is 0 Å². The van der Waals surface area contributed by atoms with Gasteiger partial charge in [-0.15, -0.1) is 20.2 Å². The zero-order valence-electron chi connectivity index (χ0n) is 16.7. The Morgan fingerprint density at radius 1 is 1.10 bits per heavy atom. The van der Waals surface area contributed by atoms with E-state index in [-0.39, 0.29) is 28.8 Å². The van der Waals surface area contributed by atoms with Gasteiger partial charge in [-0.2, -0.15) is 0 Å². The number of hydrogen-bond acceptors (Lipinski definition) is 10. The van der Waals surface area contributed by atoms with E-state index in [0.29, 0.717) is 6.29 Å². The molecule has 0 aliphatic carbocycles. The highest BCUT2D eigenvalue weighted by atomic mass is 17.0. The molecule has 2 atom stereocenters. The van der Waals surface area contributed by atoms with Gasteiger partial charge in [-0.25, -0.2) is 0 Å². The number of fused-ring (bicyclic) bond motifs is 1. The molecule has 0 spiro atoms. The second-order valence-corrected chi connectivity index (χ2v) is 6.79. The Morgan fingerprint density at radius 2 is 1.61 bits per heavy atom. The predicted octanol–water partition coefficient (Wildman–Crippen LogP) is 0.361. The van der Waals surface area contributed by atoms with Gasteiger partial charge < -0.3 is 14.6 Å². The first-order valence-electron chi connectivity index (χ1n) is 8.83. The van der Waals surface area contributed by atoms with Gasteiger partial charge in [0.25, 0.3) is 27.9 Å². The molecule has 2 unspecified atom stereocenters. The van der Waals surface area contributed by atoms with E-state index in [2.05, 4.69) is 9.68 Å². The van der Waals surface area contributed by atoms with Crippen molar-refractivity contribution in [3.63, 3.8) is 0 Å². The Balaban J connectivity index is 2.31. The summed E-state index contributed by atoms with van der Waals surface area (Å²) in [4.78, 5) is 80.7. The number of hydrogen-bond donors (Lipinski definition) is 0. The van der Waals surface area contributed by atoms with Gasteiger partial charge in [-0.05, 0) is 26.0 Å². The van der Waals surface area contributed by atoms with Crippen molar-refractivity contribution < 1.29 is 39.0 Å². The van der Waals surface area contributed by atoms with Gasteiger partial charge in [0.15, 0.2) is 6.29 Å². The molecule has 1 aliphatic rings. The summed E-state index contributed by atoms with van der Waals surface area (Å²) in [5, 5.41) is 18.8. The largest absolute Gasteiger partial charge is 0.339 e. The molecule has 31 heavy (non-hydrogen) atoms. The number of aldehydes is 1. The Hall–Kier alpha value is -4.10. The standard InChI is InChI=1S/C17H18N4O10/c1-9(30-20(26)27)6-18(3)15(23)12-5-14-13(4-11(12)8-22)16(24)19(17(14)25)7-10(2)31-21(28)29/h4-5,8-10H,6-7H2,1-3H3. The second kappa shape index (κ2) is 9.15. The number of carbonyl (C=O) groups excluding carboxylic acids is 4. The lowest BCUT2D eigenvalue weighted by atomic mass is 9.99. The molecule has 1 heterocycles. The first-order valence-corrected chi connectivity index (χ1v) is 8.83. The van der Waals surface area contributed by atoms with E-state index < -0.39 is 46.6 Å². The van der Waals surface area contributed by atoms with Crippen LogP contribution in [0.15, 0.2) is 12.1 Å². The van der Waals surface area contributed by atoms with Crippen LogP contribution in [0.3, 0.4) is 0 Å². The minimum absolute atomic E-state index is 0.135. The van der Waals surface area contributed by atoms with Crippen molar-refractivity contribution in [2.45, 2.75) is 26.1 Å². The van der Waals surface area contributed by atoms with Crippen LogP contribution in [0.1, 0.15) is 55.3 Å². The fraction of sp³-hybridized carbons (Fsp3) is 0.412. The molecule has 0 bridgehead atoms. The van der Waals surface area contributed by atoms with E-state index >= 15 is 0 Å². The minimum atomic E-state index is -1.10. The summed E-state index contributed by atoms with van der Waals surface area (Å²) in [7, 11) is 1.32. The van der Waals surface area contributed by atoms with E-state index in [1.807, 2.05) is 0 Å². The SMILES string of the molecule is CC(CN(C)C(=O)c1cc2c(cc1C=O)C(=O)N(CC(C)O[N+](=O)[O-])C2=O)O[N+](=O)[O-]. The third kappa shape index (κ3) is 5.09. The third-order valence-electron chi connectivity index (χ3n) is 4.35. The average molecular weight is 438 g/mol. The molecule has 0 saturated heterocycles. The molecule has 14 nitrogen and oxygen atoms in total. The van der Waals surface area contributed by atoms with Crippen molar-refractivity contribution in [2.24, 2.45) is 0 Å². The fourth-order valence-corrected chi connectivity index (χ4v) is 3.09. The molecule has 3 amide bonds. The van der Waals surface area contributed by atoms with Crippen molar-refractivity contribution >= 4 is 24.0 Å². The minimum Gasteiger partial charge on any atom is -0.339 e. The highest BCUT2D eigenvalue weighted by Crippen LogP contribution is 2.27. The van der Waals surface area contributed by atoms with Crippen LogP contribution in [0.4, 0.5) is 0 Å². The lowest BCUT2D eigenvalue weighted by Crippen LogP contribution is -2.37. The Kier molecular flexibility index (Phi) is 6.84. The average Bonchev–Trinajstić information content (AvgIpc) is 2.89. The molecular weight excluding hydrogens is 420 g/mol. The Labute approximate surface area is 174 Å². The molecule has 1 aliphatic heterocycles. The first-order chi connectivity index (χ1) is 14.5. The van der Waals surface area contributed by atoms with Crippen molar-refractivity contribution in [2.75, 3.05) is 20.1 Å². The zero-order chi connectivity index (χ0) is 23.5. The molecule has 1 aromatic carbocycles. The molecule has 166 valence electrons. The number of imide groups is 1. The smallest absolute Gasteiger partial charge is 0.294 e. The molecule has 14 heteroatoms. The van der Waals surface area contributed by atoms with E-state index in [9.17, 15) is 39.4 Å². The molecule has 0 saturated carbocycles. The normalized spacial score (nSPS) is 14.5. The summed E-state index contributed by atoms with van der Waals surface area (Å²) in [6, 6.07) is 2.16. The van der Waals surface area contributed by atoms with Crippen LogP contribution in [0.25, 0.3) is 0 Å². The summed E-state index contributed by atoms with van der Waals surface area (Å²) in [5.74, 6) is -2.33. The maximum absolute atomic E-state index is 12.8. The molecule has 1 aromatic rings. The van der Waals surface area contributed by atoms with Crippen LogP contribution >= 0.6 is 0 Å². The number of carbonyl (C=O) groups is 4. The maximum atomic E-state index is 12.8. The summed E-state index contributed by atoms with van der Waals surface area (Å²) < 4.78 is 0. The van der Waals surface area contributed by atoms with Gasteiger partial charge in [0.2, 0.25) is 0 Å². The number of rotatable bonds is 10. The molecular formula is C17H18N4O10. The maximum Gasteiger partial charge on any atom is 0.294 e.